The number of hydrogen-bond donors (Lipinski definition) is 0. The Morgan fingerprint density at radius 2 is 1.94 bits per heavy atom. The molecule has 0 saturated heterocycles. The van der Waals surface area contributed by atoms with Gasteiger partial charge in [0.05, 0.1) is 6.04 Å². The minimum absolute atomic E-state index is 0.00569. The summed E-state index contributed by atoms with van der Waals surface area (Å²) in [7, 11) is 3.89. The van der Waals surface area contributed by atoms with Crippen LogP contribution in [0.4, 0.5) is 0 Å². The maximum Gasteiger partial charge on any atom is 0.147 e. The molecular weight excluding hydrogens is 210 g/mol. The van der Waals surface area contributed by atoms with Gasteiger partial charge < -0.3 is 0 Å². The summed E-state index contributed by atoms with van der Waals surface area (Å²) >= 11 is 0. The summed E-state index contributed by atoms with van der Waals surface area (Å²) in [5, 5.41) is 0. The lowest BCUT2D eigenvalue weighted by molar-refractivity contribution is -0.121. The first kappa shape index (κ1) is 15.9. The molecule has 0 aromatic heterocycles. The van der Waals surface area contributed by atoms with Crippen molar-refractivity contribution in [2.45, 2.75) is 39.2 Å². The molecule has 0 N–H and O–H groups in total. The molecule has 0 aliphatic heterocycles. The molecule has 0 aromatic carbocycles. The van der Waals surface area contributed by atoms with Crippen molar-refractivity contribution in [3.63, 3.8) is 0 Å². The SMILES string of the molecule is C=CC(=C)CCC=C(C)CC(C(C)=O)N(C)C. The Morgan fingerprint density at radius 1 is 1.35 bits per heavy atom. The van der Waals surface area contributed by atoms with Crippen LogP contribution in [0.25, 0.3) is 0 Å². The van der Waals surface area contributed by atoms with Crippen LogP contribution in [-0.4, -0.2) is 30.8 Å². The van der Waals surface area contributed by atoms with Crippen LogP contribution in [0, 0.1) is 0 Å². The van der Waals surface area contributed by atoms with Gasteiger partial charge in [0.25, 0.3) is 0 Å². The second-order valence-electron chi connectivity index (χ2n) is 4.75. The lowest BCUT2D eigenvalue weighted by Crippen LogP contribution is -2.34. The highest BCUT2D eigenvalue weighted by molar-refractivity contribution is 5.81. The first-order chi connectivity index (χ1) is 7.88. The maximum absolute atomic E-state index is 11.5. The molecule has 0 aliphatic rings. The molecule has 0 amide bonds. The summed E-state index contributed by atoms with van der Waals surface area (Å²) in [5.74, 6) is 0.221. The zero-order valence-electron chi connectivity index (χ0n) is 11.6. The van der Waals surface area contributed by atoms with E-state index < -0.39 is 0 Å². The van der Waals surface area contributed by atoms with E-state index >= 15 is 0 Å². The van der Waals surface area contributed by atoms with E-state index in [0.717, 1.165) is 24.8 Å². The first-order valence-corrected chi connectivity index (χ1v) is 6.01. The van der Waals surface area contributed by atoms with Crippen molar-refractivity contribution < 1.29 is 4.79 Å². The minimum atomic E-state index is -0.00569. The highest BCUT2D eigenvalue weighted by atomic mass is 16.1. The van der Waals surface area contributed by atoms with Gasteiger partial charge in [-0.2, -0.15) is 0 Å². The lowest BCUT2D eigenvalue weighted by atomic mass is 10.0. The van der Waals surface area contributed by atoms with Crippen molar-refractivity contribution in [3.05, 3.63) is 36.5 Å². The molecule has 0 heterocycles. The fourth-order valence-electron chi connectivity index (χ4n) is 1.68. The van der Waals surface area contributed by atoms with E-state index in [1.54, 1.807) is 13.0 Å². The van der Waals surface area contributed by atoms with Crippen LogP contribution < -0.4 is 0 Å². The number of carbonyl (C=O) groups excluding carboxylic acids is 1. The fraction of sp³-hybridized carbons (Fsp3) is 0.533. The van der Waals surface area contributed by atoms with Gasteiger partial charge in [-0.3, -0.25) is 9.69 Å². The first-order valence-electron chi connectivity index (χ1n) is 6.01. The Hall–Kier alpha value is -1.15. The summed E-state index contributed by atoms with van der Waals surface area (Å²) in [6.45, 7) is 11.3. The van der Waals surface area contributed by atoms with E-state index in [1.165, 1.54) is 5.57 Å². The Balaban J connectivity index is 4.26. The molecule has 2 heteroatoms. The molecule has 2 nitrogen and oxygen atoms in total. The Morgan fingerprint density at radius 3 is 2.35 bits per heavy atom. The topological polar surface area (TPSA) is 20.3 Å². The zero-order valence-corrected chi connectivity index (χ0v) is 11.6. The van der Waals surface area contributed by atoms with Gasteiger partial charge in [0.1, 0.15) is 5.78 Å². The maximum atomic E-state index is 11.5. The second-order valence-corrected chi connectivity index (χ2v) is 4.75. The number of nitrogens with zero attached hydrogens (tertiary/aromatic N) is 1. The molecule has 96 valence electrons. The van der Waals surface area contributed by atoms with Crippen molar-refractivity contribution in [2.24, 2.45) is 0 Å². The minimum Gasteiger partial charge on any atom is -0.300 e. The van der Waals surface area contributed by atoms with Gasteiger partial charge in [0, 0.05) is 0 Å². The standard InChI is InChI=1S/C15H25NO/c1-7-12(2)9-8-10-13(3)11-15(14(4)17)16(5)6/h7,10,15H,1-2,8-9,11H2,3-6H3. The van der Waals surface area contributed by atoms with E-state index in [9.17, 15) is 4.79 Å². The van der Waals surface area contributed by atoms with Crippen molar-refractivity contribution >= 4 is 5.78 Å². The van der Waals surface area contributed by atoms with Crippen LogP contribution in [0.15, 0.2) is 36.5 Å². The lowest BCUT2D eigenvalue weighted by Gasteiger charge is -2.21. The van der Waals surface area contributed by atoms with Crippen molar-refractivity contribution in [3.8, 4) is 0 Å². The normalized spacial score (nSPS) is 13.6. The Bertz CT molecular complexity index is 313. The van der Waals surface area contributed by atoms with E-state index in [2.05, 4.69) is 26.2 Å². The molecule has 0 radical (unpaired) electrons. The van der Waals surface area contributed by atoms with Gasteiger partial charge in [0.2, 0.25) is 0 Å². The van der Waals surface area contributed by atoms with Crippen molar-refractivity contribution in [1.29, 1.82) is 0 Å². The predicted molar refractivity (Wildman–Crippen MR) is 75.1 cm³/mol. The number of ketones is 1. The molecular formula is C15H25NO. The molecule has 0 rings (SSSR count). The van der Waals surface area contributed by atoms with Crippen LogP contribution in [0.3, 0.4) is 0 Å². The summed E-state index contributed by atoms with van der Waals surface area (Å²) in [6, 6.07) is -0.00569. The summed E-state index contributed by atoms with van der Waals surface area (Å²) in [4.78, 5) is 13.4. The van der Waals surface area contributed by atoms with Crippen molar-refractivity contribution in [2.75, 3.05) is 14.1 Å². The highest BCUT2D eigenvalue weighted by Crippen LogP contribution is 2.13. The van der Waals surface area contributed by atoms with E-state index in [4.69, 9.17) is 0 Å². The smallest absolute Gasteiger partial charge is 0.147 e. The van der Waals surface area contributed by atoms with Crippen LogP contribution in [0.5, 0.6) is 0 Å². The third-order valence-electron chi connectivity index (χ3n) is 2.85. The van der Waals surface area contributed by atoms with Crippen LogP contribution in [0.2, 0.25) is 0 Å². The van der Waals surface area contributed by atoms with Crippen LogP contribution in [0.1, 0.15) is 33.1 Å². The summed E-state index contributed by atoms with van der Waals surface area (Å²) < 4.78 is 0. The number of Topliss-reactive ketones (excluding diaryl/α,β-unsaturated/α-hetero) is 1. The molecule has 0 spiro atoms. The summed E-state index contributed by atoms with van der Waals surface area (Å²) in [6.07, 6.45) is 6.70. The average Bonchev–Trinajstić information content (AvgIpc) is 2.24. The largest absolute Gasteiger partial charge is 0.300 e. The highest BCUT2D eigenvalue weighted by Gasteiger charge is 2.16. The molecule has 1 unspecified atom stereocenters. The number of hydrogen-bond acceptors (Lipinski definition) is 2. The van der Waals surface area contributed by atoms with Gasteiger partial charge in [-0.25, -0.2) is 0 Å². The molecule has 17 heavy (non-hydrogen) atoms. The second kappa shape index (κ2) is 8.02. The van der Waals surface area contributed by atoms with Gasteiger partial charge in [-0.1, -0.05) is 36.5 Å². The quantitative estimate of drug-likeness (QED) is 0.475. The predicted octanol–water partition coefficient (Wildman–Crippen LogP) is 3.36. The third kappa shape index (κ3) is 6.90. The number of carbonyl (C=O) groups is 1. The molecule has 0 fully saturated rings. The molecule has 0 saturated carbocycles. The van der Waals surface area contributed by atoms with E-state index in [0.29, 0.717) is 0 Å². The number of allylic oxidation sites excluding steroid dienone is 3. The Kier molecular flexibility index (Phi) is 7.47. The van der Waals surface area contributed by atoms with Crippen LogP contribution >= 0.6 is 0 Å². The molecule has 0 aliphatic carbocycles. The molecule has 0 aromatic rings. The van der Waals surface area contributed by atoms with Gasteiger partial charge >= 0.3 is 0 Å². The van der Waals surface area contributed by atoms with Crippen molar-refractivity contribution in [1.82, 2.24) is 4.90 Å². The number of rotatable bonds is 8. The Labute approximate surface area is 106 Å². The van der Waals surface area contributed by atoms with Crippen LogP contribution in [-0.2, 0) is 4.79 Å². The van der Waals surface area contributed by atoms with Gasteiger partial charge in [-0.15, -0.1) is 0 Å². The molecule has 1 atom stereocenters. The monoisotopic (exact) mass is 235 g/mol. The average molecular weight is 235 g/mol. The van der Waals surface area contributed by atoms with Gasteiger partial charge in [0.15, 0.2) is 0 Å². The zero-order chi connectivity index (χ0) is 13.4. The van der Waals surface area contributed by atoms with Gasteiger partial charge in [-0.05, 0) is 47.2 Å². The third-order valence-corrected chi connectivity index (χ3v) is 2.85. The number of likely N-dealkylation sites (N-methyl/N-ethyl adjacent to an activating group) is 1. The molecule has 0 bridgehead atoms. The van der Waals surface area contributed by atoms with E-state index in [1.807, 2.05) is 19.0 Å². The van der Waals surface area contributed by atoms with E-state index in [-0.39, 0.29) is 11.8 Å². The fourth-order valence-corrected chi connectivity index (χ4v) is 1.68. The summed E-state index contributed by atoms with van der Waals surface area (Å²) in [5.41, 5.74) is 2.32.